The number of primary amides is 1. The van der Waals surface area contributed by atoms with Crippen LogP contribution in [0.15, 0.2) is 12.1 Å². The van der Waals surface area contributed by atoms with Crippen molar-refractivity contribution in [1.82, 2.24) is 25.0 Å². The van der Waals surface area contributed by atoms with Crippen LogP contribution in [-0.2, 0) is 4.79 Å². The van der Waals surface area contributed by atoms with E-state index in [9.17, 15) is 9.59 Å². The maximum absolute atomic E-state index is 13.0. The zero-order chi connectivity index (χ0) is 25.4. The largest absolute Gasteiger partial charge is 0.365 e. The first-order chi connectivity index (χ1) is 17.3. The van der Waals surface area contributed by atoms with Crippen LogP contribution in [0.4, 0.5) is 0 Å². The second-order valence-corrected chi connectivity index (χ2v) is 12.4. The molecule has 1 aliphatic carbocycles. The molecule has 2 aromatic rings. The summed E-state index contributed by atoms with van der Waals surface area (Å²) in [5, 5.41) is 12.2. The molecule has 196 valence electrons. The number of carbonyl (C=O) groups is 2. The molecule has 3 fully saturated rings. The first-order valence-corrected chi connectivity index (χ1v) is 14.5. The molecule has 4 atom stereocenters. The van der Waals surface area contributed by atoms with Crippen molar-refractivity contribution in [2.75, 3.05) is 6.54 Å². The number of carbonyl (C=O) groups excluding carboxylic acids is 2. The van der Waals surface area contributed by atoms with Gasteiger partial charge in [-0.25, -0.2) is 0 Å². The van der Waals surface area contributed by atoms with Crippen molar-refractivity contribution in [2.24, 2.45) is 11.7 Å². The first-order valence-electron chi connectivity index (χ1n) is 13.7. The van der Waals surface area contributed by atoms with E-state index in [0.29, 0.717) is 28.9 Å². The Labute approximate surface area is 218 Å². The molecule has 8 nitrogen and oxygen atoms in total. The van der Waals surface area contributed by atoms with E-state index in [4.69, 9.17) is 5.73 Å². The zero-order valence-corrected chi connectivity index (χ0v) is 22.6. The van der Waals surface area contributed by atoms with Gasteiger partial charge in [-0.3, -0.25) is 14.5 Å². The van der Waals surface area contributed by atoms with Crippen molar-refractivity contribution in [1.29, 1.82) is 0 Å². The summed E-state index contributed by atoms with van der Waals surface area (Å²) in [6.07, 6.45) is 9.77. The second kappa shape index (κ2) is 10.6. The number of nitrogens with two attached hydrogens (primary N) is 1. The highest BCUT2D eigenvalue weighted by Gasteiger charge is 2.42. The van der Waals surface area contributed by atoms with E-state index < -0.39 is 5.91 Å². The summed E-state index contributed by atoms with van der Waals surface area (Å²) in [5.41, 5.74) is 5.52. The summed E-state index contributed by atoms with van der Waals surface area (Å²) >= 11 is 1.42. The molecule has 2 aromatic heterocycles. The quantitative estimate of drug-likeness (QED) is 0.515. The number of aryl methyl sites for hydroxylation is 1. The molecule has 0 unspecified atom stereocenters. The first kappa shape index (κ1) is 25.4. The van der Waals surface area contributed by atoms with E-state index in [1.54, 1.807) is 6.07 Å². The van der Waals surface area contributed by atoms with Crippen LogP contribution in [0.3, 0.4) is 0 Å². The smallest absolute Gasteiger partial charge is 0.258 e. The summed E-state index contributed by atoms with van der Waals surface area (Å²) in [7, 11) is 0. The average molecular weight is 513 g/mol. The van der Waals surface area contributed by atoms with Gasteiger partial charge in [-0.15, -0.1) is 21.5 Å². The van der Waals surface area contributed by atoms with Crippen LogP contribution in [0.25, 0.3) is 0 Å². The monoisotopic (exact) mass is 512 g/mol. The molecule has 0 aromatic carbocycles. The summed E-state index contributed by atoms with van der Waals surface area (Å²) < 4.78 is 2.40. The van der Waals surface area contributed by atoms with Crippen LogP contribution in [0.1, 0.15) is 116 Å². The van der Waals surface area contributed by atoms with Crippen molar-refractivity contribution in [3.63, 3.8) is 0 Å². The normalized spacial score (nSPS) is 25.5. The van der Waals surface area contributed by atoms with Gasteiger partial charge in [-0.05, 0) is 64.0 Å². The predicted molar refractivity (Wildman–Crippen MR) is 141 cm³/mol. The maximum Gasteiger partial charge on any atom is 0.258 e. The molecule has 9 heteroatoms. The number of fused-ring (bicyclic) bond motifs is 2. The minimum atomic E-state index is -0.405. The number of nitrogens with zero attached hydrogens (tertiary/aromatic N) is 4. The predicted octanol–water partition coefficient (Wildman–Crippen LogP) is 4.48. The van der Waals surface area contributed by atoms with Gasteiger partial charge in [0.2, 0.25) is 5.91 Å². The summed E-state index contributed by atoms with van der Waals surface area (Å²) in [4.78, 5) is 29.0. The van der Waals surface area contributed by atoms with Gasteiger partial charge in [-0.2, -0.15) is 0 Å². The minimum Gasteiger partial charge on any atom is -0.365 e. The number of piperidine rings is 1. The van der Waals surface area contributed by atoms with Crippen LogP contribution < -0.4 is 11.1 Å². The number of amides is 2. The second-order valence-electron chi connectivity index (χ2n) is 11.3. The van der Waals surface area contributed by atoms with Gasteiger partial charge in [0.25, 0.3) is 5.91 Å². The van der Waals surface area contributed by atoms with Crippen molar-refractivity contribution in [3.8, 4) is 0 Å². The molecule has 0 spiro atoms. The Hall–Kier alpha value is -2.26. The van der Waals surface area contributed by atoms with Gasteiger partial charge in [0.15, 0.2) is 0 Å². The van der Waals surface area contributed by atoms with Gasteiger partial charge in [0, 0.05) is 41.4 Å². The van der Waals surface area contributed by atoms with Crippen LogP contribution in [-0.4, -0.2) is 50.1 Å². The third-order valence-electron chi connectivity index (χ3n) is 8.57. The van der Waals surface area contributed by atoms with Crippen molar-refractivity contribution in [2.45, 2.75) is 109 Å². The highest BCUT2D eigenvalue weighted by Crippen LogP contribution is 2.42. The van der Waals surface area contributed by atoms with E-state index in [2.05, 4.69) is 45.8 Å². The van der Waals surface area contributed by atoms with Gasteiger partial charge < -0.3 is 15.6 Å². The number of nitrogens with one attached hydrogen (secondary N) is 1. The number of aromatic nitrogens is 3. The zero-order valence-electron chi connectivity index (χ0n) is 21.8. The standard InChI is InChI=1S/C27H40N6O2S/c1-16(2)26-31-30-17(3)33(26)21-14-19-8-9-20(15-21)32(19)13-12-22(23-10-11-24(36-23)25(28)34)29-27(35)18-6-4-5-7-18/h10-11,16,18-22H,4-9,12-15H2,1-3H3,(H2,28,34)(H,29,35)/t19-,20+,21-,22-/m0/s1. The van der Waals surface area contributed by atoms with Gasteiger partial charge in [0.05, 0.1) is 10.9 Å². The minimum absolute atomic E-state index is 0.0824. The summed E-state index contributed by atoms with van der Waals surface area (Å²) in [5.74, 6) is 2.37. The average Bonchev–Trinajstić information content (AvgIpc) is 3.63. The Kier molecular flexibility index (Phi) is 7.49. The number of hydrogen-bond acceptors (Lipinski definition) is 6. The van der Waals surface area contributed by atoms with Crippen LogP contribution >= 0.6 is 11.3 Å². The third-order valence-corrected chi connectivity index (χ3v) is 9.78. The van der Waals surface area contributed by atoms with Gasteiger partial charge >= 0.3 is 0 Å². The van der Waals surface area contributed by atoms with Crippen molar-refractivity contribution in [3.05, 3.63) is 33.5 Å². The molecule has 2 bridgehead atoms. The van der Waals surface area contributed by atoms with E-state index in [1.165, 1.54) is 24.2 Å². The Bertz CT molecular complexity index is 1070. The summed E-state index contributed by atoms with van der Waals surface area (Å²) in [6.45, 7) is 7.40. The molecular weight excluding hydrogens is 472 g/mol. The highest BCUT2D eigenvalue weighted by atomic mass is 32.1. The molecule has 2 aliphatic heterocycles. The molecule has 0 radical (unpaired) electrons. The lowest BCUT2D eigenvalue weighted by molar-refractivity contribution is -0.125. The van der Waals surface area contributed by atoms with Crippen molar-refractivity contribution >= 4 is 23.2 Å². The fourth-order valence-corrected chi connectivity index (χ4v) is 7.71. The number of thiophene rings is 1. The van der Waals surface area contributed by atoms with Crippen LogP contribution in [0.5, 0.6) is 0 Å². The van der Waals surface area contributed by atoms with Crippen molar-refractivity contribution < 1.29 is 9.59 Å². The third kappa shape index (κ3) is 5.09. The lowest BCUT2D eigenvalue weighted by Crippen LogP contribution is -2.45. The summed E-state index contributed by atoms with van der Waals surface area (Å²) in [6, 6.07) is 5.23. The molecule has 3 aliphatic rings. The lowest BCUT2D eigenvalue weighted by atomic mass is 9.95. The fraction of sp³-hybridized carbons (Fsp3) is 0.704. The molecule has 36 heavy (non-hydrogen) atoms. The Balaban J connectivity index is 1.28. The Morgan fingerprint density at radius 1 is 1.08 bits per heavy atom. The Morgan fingerprint density at radius 3 is 2.39 bits per heavy atom. The lowest BCUT2D eigenvalue weighted by Gasteiger charge is -2.40. The van der Waals surface area contributed by atoms with Crippen LogP contribution in [0.2, 0.25) is 0 Å². The SMILES string of the molecule is Cc1nnc(C(C)C)n1[C@@H]1C[C@H]2CC[C@@H](C1)N2CC[C@H](NC(=O)C1CCCC1)c1ccc(C(N)=O)s1. The Morgan fingerprint density at radius 2 is 1.78 bits per heavy atom. The van der Waals surface area contributed by atoms with Gasteiger partial charge in [0.1, 0.15) is 11.6 Å². The van der Waals surface area contributed by atoms with E-state index in [0.717, 1.165) is 68.0 Å². The molecule has 5 rings (SSSR count). The number of rotatable bonds is 9. The highest BCUT2D eigenvalue weighted by molar-refractivity contribution is 7.14. The van der Waals surface area contributed by atoms with E-state index in [-0.39, 0.29) is 17.9 Å². The molecule has 2 amide bonds. The van der Waals surface area contributed by atoms with Gasteiger partial charge in [-0.1, -0.05) is 26.7 Å². The molecule has 4 heterocycles. The topological polar surface area (TPSA) is 106 Å². The molecule has 3 N–H and O–H groups in total. The van der Waals surface area contributed by atoms with E-state index in [1.807, 2.05) is 6.07 Å². The van der Waals surface area contributed by atoms with Crippen LogP contribution in [0, 0.1) is 12.8 Å². The molecule has 2 saturated heterocycles. The molecular formula is C27H40N6O2S. The maximum atomic E-state index is 13.0. The fourth-order valence-electron chi connectivity index (χ4n) is 6.77. The van der Waals surface area contributed by atoms with E-state index >= 15 is 0 Å². The molecule has 1 saturated carbocycles. The number of hydrogen-bond donors (Lipinski definition) is 2.